The number of aryl methyl sites for hydroxylation is 1. The molecule has 5 heteroatoms. The summed E-state index contributed by atoms with van der Waals surface area (Å²) in [5.74, 6) is 0.452. The van der Waals surface area contributed by atoms with E-state index in [4.69, 9.17) is 4.74 Å². The predicted molar refractivity (Wildman–Crippen MR) is 76.4 cm³/mol. The van der Waals surface area contributed by atoms with Gasteiger partial charge in [0.25, 0.3) is 0 Å². The van der Waals surface area contributed by atoms with E-state index < -0.39 is 0 Å². The standard InChI is InChI=1S/C14H22N2O2S/c1-8(2)7-16-11(5)10(4)15-14(16)19-12-6-9(3)18-13(12)17/h8-9,12H,6-7H2,1-5H3/t9-,12+/m1/s1. The van der Waals surface area contributed by atoms with Crippen molar-refractivity contribution >= 4 is 17.7 Å². The van der Waals surface area contributed by atoms with E-state index in [1.807, 2.05) is 13.8 Å². The third kappa shape index (κ3) is 3.14. The van der Waals surface area contributed by atoms with Gasteiger partial charge in [0.2, 0.25) is 0 Å². The van der Waals surface area contributed by atoms with Crippen LogP contribution in [-0.4, -0.2) is 26.9 Å². The maximum atomic E-state index is 11.7. The van der Waals surface area contributed by atoms with Gasteiger partial charge in [-0.15, -0.1) is 0 Å². The fraction of sp³-hybridized carbons (Fsp3) is 0.714. The summed E-state index contributed by atoms with van der Waals surface area (Å²) in [6.07, 6.45) is 0.802. The van der Waals surface area contributed by atoms with Crippen molar-refractivity contribution in [1.29, 1.82) is 0 Å². The number of esters is 1. The first kappa shape index (κ1) is 14.4. The average Bonchev–Trinajstić information content (AvgIpc) is 2.74. The third-order valence-corrected chi connectivity index (χ3v) is 4.54. The van der Waals surface area contributed by atoms with Gasteiger partial charge in [-0.05, 0) is 26.7 Å². The largest absolute Gasteiger partial charge is 0.462 e. The summed E-state index contributed by atoms with van der Waals surface area (Å²) < 4.78 is 7.43. The molecule has 106 valence electrons. The number of thioether (sulfide) groups is 1. The minimum Gasteiger partial charge on any atom is -0.462 e. The van der Waals surface area contributed by atoms with Gasteiger partial charge in [0.1, 0.15) is 11.4 Å². The Hall–Kier alpha value is -0.970. The smallest absolute Gasteiger partial charge is 0.319 e. The monoisotopic (exact) mass is 282 g/mol. The average molecular weight is 282 g/mol. The van der Waals surface area contributed by atoms with Crippen molar-refractivity contribution in [2.75, 3.05) is 0 Å². The summed E-state index contributed by atoms with van der Waals surface area (Å²) in [7, 11) is 0. The molecule has 0 radical (unpaired) electrons. The molecule has 1 aromatic rings. The van der Waals surface area contributed by atoms with Gasteiger partial charge in [-0.1, -0.05) is 25.6 Å². The summed E-state index contributed by atoms with van der Waals surface area (Å²) >= 11 is 1.54. The van der Waals surface area contributed by atoms with Gasteiger partial charge < -0.3 is 9.30 Å². The van der Waals surface area contributed by atoms with Crippen LogP contribution in [-0.2, 0) is 16.1 Å². The minimum absolute atomic E-state index is 0.0284. The Morgan fingerprint density at radius 1 is 1.47 bits per heavy atom. The van der Waals surface area contributed by atoms with Crippen LogP contribution in [0.25, 0.3) is 0 Å². The Morgan fingerprint density at radius 3 is 2.68 bits per heavy atom. The second-order valence-corrected chi connectivity index (χ2v) is 6.83. The van der Waals surface area contributed by atoms with E-state index in [1.165, 1.54) is 5.69 Å². The van der Waals surface area contributed by atoms with Crippen LogP contribution in [0.3, 0.4) is 0 Å². The molecular formula is C14H22N2O2S. The lowest BCUT2D eigenvalue weighted by molar-refractivity contribution is -0.140. The van der Waals surface area contributed by atoms with E-state index in [1.54, 1.807) is 11.8 Å². The molecule has 2 rings (SSSR count). The number of aromatic nitrogens is 2. The van der Waals surface area contributed by atoms with Crippen LogP contribution in [0.2, 0.25) is 0 Å². The SMILES string of the molecule is Cc1nc(S[C@H]2C[C@@H](C)OC2=O)n(CC(C)C)c1C. The van der Waals surface area contributed by atoms with Crippen molar-refractivity contribution in [2.45, 2.75) is 64.1 Å². The number of cyclic esters (lactones) is 1. The zero-order valence-corrected chi connectivity index (χ0v) is 13.1. The van der Waals surface area contributed by atoms with Crippen molar-refractivity contribution in [3.8, 4) is 0 Å². The fourth-order valence-corrected chi connectivity index (χ4v) is 3.54. The highest BCUT2D eigenvalue weighted by Gasteiger charge is 2.34. The van der Waals surface area contributed by atoms with Crippen molar-refractivity contribution in [2.24, 2.45) is 5.92 Å². The quantitative estimate of drug-likeness (QED) is 0.796. The molecule has 0 N–H and O–H groups in total. The molecule has 0 spiro atoms. The Morgan fingerprint density at radius 2 is 2.16 bits per heavy atom. The van der Waals surface area contributed by atoms with Gasteiger partial charge in [-0.2, -0.15) is 0 Å². The number of ether oxygens (including phenoxy) is 1. The maximum Gasteiger partial charge on any atom is 0.319 e. The molecule has 1 fully saturated rings. The van der Waals surface area contributed by atoms with E-state index in [0.29, 0.717) is 5.92 Å². The Labute approximate surface area is 118 Å². The normalized spacial score (nSPS) is 23.2. The van der Waals surface area contributed by atoms with Crippen LogP contribution >= 0.6 is 11.8 Å². The van der Waals surface area contributed by atoms with Crippen molar-refractivity contribution in [3.63, 3.8) is 0 Å². The molecule has 0 aliphatic carbocycles. The first-order valence-electron chi connectivity index (χ1n) is 6.79. The van der Waals surface area contributed by atoms with Crippen LogP contribution in [0.4, 0.5) is 0 Å². The maximum absolute atomic E-state index is 11.7. The molecule has 1 saturated heterocycles. The molecule has 0 saturated carbocycles. The van der Waals surface area contributed by atoms with E-state index in [-0.39, 0.29) is 17.3 Å². The molecule has 2 heterocycles. The van der Waals surface area contributed by atoms with E-state index in [2.05, 4.69) is 30.3 Å². The van der Waals surface area contributed by atoms with Crippen LogP contribution in [0.5, 0.6) is 0 Å². The molecule has 1 aliphatic rings. The lowest BCUT2D eigenvalue weighted by atomic mass is 10.2. The Kier molecular flexibility index (Phi) is 4.23. The van der Waals surface area contributed by atoms with Gasteiger partial charge in [0.15, 0.2) is 5.16 Å². The Balaban J connectivity index is 2.20. The second-order valence-electron chi connectivity index (χ2n) is 5.66. The fourth-order valence-electron chi connectivity index (χ4n) is 2.24. The molecule has 4 nitrogen and oxygen atoms in total. The van der Waals surface area contributed by atoms with Gasteiger partial charge in [0.05, 0.1) is 5.69 Å². The highest BCUT2D eigenvalue weighted by atomic mass is 32.2. The highest BCUT2D eigenvalue weighted by molar-refractivity contribution is 8.00. The number of rotatable bonds is 4. The molecule has 1 aromatic heterocycles. The number of nitrogens with zero attached hydrogens (tertiary/aromatic N) is 2. The van der Waals surface area contributed by atoms with Gasteiger partial charge in [-0.25, -0.2) is 4.98 Å². The van der Waals surface area contributed by atoms with Gasteiger partial charge in [-0.3, -0.25) is 4.79 Å². The zero-order chi connectivity index (χ0) is 14.2. The van der Waals surface area contributed by atoms with E-state index >= 15 is 0 Å². The van der Waals surface area contributed by atoms with E-state index in [0.717, 1.165) is 23.8 Å². The summed E-state index contributed by atoms with van der Waals surface area (Å²) in [5, 5.41) is 0.835. The lowest BCUT2D eigenvalue weighted by Gasteiger charge is -2.13. The molecule has 0 aromatic carbocycles. The number of hydrogen-bond acceptors (Lipinski definition) is 4. The minimum atomic E-state index is -0.109. The van der Waals surface area contributed by atoms with E-state index in [9.17, 15) is 4.79 Å². The molecule has 19 heavy (non-hydrogen) atoms. The number of imidazole rings is 1. The number of carbonyl (C=O) groups is 1. The summed E-state index contributed by atoms with van der Waals surface area (Å²) in [6.45, 7) is 11.4. The van der Waals surface area contributed by atoms with Gasteiger partial charge >= 0.3 is 5.97 Å². The topological polar surface area (TPSA) is 44.1 Å². The zero-order valence-electron chi connectivity index (χ0n) is 12.3. The van der Waals surface area contributed by atoms with Crippen LogP contribution in [0.1, 0.15) is 38.6 Å². The van der Waals surface area contributed by atoms with Crippen LogP contribution < -0.4 is 0 Å². The molecular weight excluding hydrogens is 260 g/mol. The van der Waals surface area contributed by atoms with Crippen molar-refractivity contribution < 1.29 is 9.53 Å². The van der Waals surface area contributed by atoms with Crippen LogP contribution in [0, 0.1) is 19.8 Å². The molecule has 0 amide bonds. The molecule has 0 bridgehead atoms. The van der Waals surface area contributed by atoms with Crippen LogP contribution in [0.15, 0.2) is 5.16 Å². The first-order valence-corrected chi connectivity index (χ1v) is 7.67. The Bertz CT molecular complexity index is 482. The highest BCUT2D eigenvalue weighted by Crippen LogP contribution is 2.33. The summed E-state index contributed by atoms with van der Waals surface area (Å²) in [5.41, 5.74) is 2.23. The summed E-state index contributed by atoms with van der Waals surface area (Å²) in [6, 6.07) is 0. The number of hydrogen-bond donors (Lipinski definition) is 0. The van der Waals surface area contributed by atoms with Crippen molar-refractivity contribution in [3.05, 3.63) is 11.4 Å². The van der Waals surface area contributed by atoms with Crippen molar-refractivity contribution in [1.82, 2.24) is 9.55 Å². The second kappa shape index (κ2) is 5.57. The molecule has 2 atom stereocenters. The first-order chi connectivity index (χ1) is 8.88. The summed E-state index contributed by atoms with van der Waals surface area (Å²) in [4.78, 5) is 16.3. The lowest BCUT2D eigenvalue weighted by Crippen LogP contribution is -2.13. The molecule has 1 aliphatic heterocycles. The van der Waals surface area contributed by atoms with Gasteiger partial charge in [0, 0.05) is 18.7 Å². The predicted octanol–water partition coefficient (Wildman–Crippen LogP) is 2.95. The molecule has 0 unspecified atom stereocenters. The third-order valence-electron chi connectivity index (χ3n) is 3.34. The number of carbonyl (C=O) groups excluding carboxylic acids is 1.